The van der Waals surface area contributed by atoms with E-state index in [2.05, 4.69) is 21.2 Å². The highest BCUT2D eigenvalue weighted by Gasteiger charge is 2.12. The van der Waals surface area contributed by atoms with Gasteiger partial charge in [0, 0.05) is 15.7 Å². The summed E-state index contributed by atoms with van der Waals surface area (Å²) in [5.74, 6) is -1.24. The largest absolute Gasteiger partial charge is 0.321 e. The highest BCUT2D eigenvalue weighted by molar-refractivity contribution is 9.10. The van der Waals surface area contributed by atoms with Crippen LogP contribution in [0.4, 0.5) is 10.1 Å². The summed E-state index contributed by atoms with van der Waals surface area (Å²) >= 11 is 9.17. The second-order valence-electron chi connectivity index (χ2n) is 4.27. The van der Waals surface area contributed by atoms with Crippen molar-refractivity contribution in [3.8, 4) is 6.07 Å². The van der Waals surface area contributed by atoms with Gasteiger partial charge < -0.3 is 5.32 Å². The van der Waals surface area contributed by atoms with Gasteiger partial charge in [0.2, 0.25) is 0 Å². The van der Waals surface area contributed by atoms with Crippen molar-refractivity contribution < 1.29 is 9.18 Å². The van der Waals surface area contributed by atoms with Gasteiger partial charge in [0.25, 0.3) is 5.91 Å². The molecule has 0 aromatic heterocycles. The van der Waals surface area contributed by atoms with Gasteiger partial charge >= 0.3 is 0 Å². The molecule has 0 fully saturated rings. The number of carbonyl (C=O) groups excluding carboxylic acids is 1. The van der Waals surface area contributed by atoms with E-state index in [1.165, 1.54) is 18.2 Å². The van der Waals surface area contributed by atoms with Crippen LogP contribution in [0.1, 0.15) is 5.56 Å². The lowest BCUT2D eigenvalue weighted by Crippen LogP contribution is -2.13. The van der Waals surface area contributed by atoms with Gasteiger partial charge in [0.05, 0.1) is 5.02 Å². The fourth-order valence-electron chi connectivity index (χ4n) is 1.71. The van der Waals surface area contributed by atoms with Crippen molar-refractivity contribution in [2.45, 2.75) is 0 Å². The highest BCUT2D eigenvalue weighted by Crippen LogP contribution is 2.22. The van der Waals surface area contributed by atoms with E-state index < -0.39 is 11.7 Å². The van der Waals surface area contributed by atoms with Crippen LogP contribution in [0, 0.1) is 17.1 Å². The number of nitrogens with one attached hydrogen (secondary N) is 1. The Balaban J connectivity index is 2.30. The molecule has 2 aromatic rings. The van der Waals surface area contributed by atoms with Gasteiger partial charge in [-0.05, 0) is 36.4 Å². The van der Waals surface area contributed by atoms with E-state index in [0.29, 0.717) is 5.69 Å². The van der Waals surface area contributed by atoms with Gasteiger partial charge in [0.1, 0.15) is 17.5 Å². The molecule has 0 saturated heterocycles. The summed E-state index contributed by atoms with van der Waals surface area (Å²) in [7, 11) is 0. The zero-order valence-electron chi connectivity index (χ0n) is 11.1. The minimum atomic E-state index is -0.639. The third-order valence-corrected chi connectivity index (χ3v) is 3.56. The van der Waals surface area contributed by atoms with Crippen molar-refractivity contribution >= 4 is 45.2 Å². The van der Waals surface area contributed by atoms with Crippen LogP contribution >= 0.6 is 27.5 Å². The monoisotopic (exact) mass is 378 g/mol. The number of nitriles is 1. The van der Waals surface area contributed by atoms with Crippen molar-refractivity contribution in [3.63, 3.8) is 0 Å². The van der Waals surface area contributed by atoms with Gasteiger partial charge in [-0.25, -0.2) is 4.39 Å². The molecule has 0 spiro atoms. The summed E-state index contributed by atoms with van der Waals surface area (Å²) < 4.78 is 14.5. The van der Waals surface area contributed by atoms with Gasteiger partial charge in [-0.15, -0.1) is 0 Å². The Labute approximate surface area is 140 Å². The Morgan fingerprint density at radius 3 is 2.68 bits per heavy atom. The number of benzene rings is 2. The zero-order chi connectivity index (χ0) is 16.1. The lowest BCUT2D eigenvalue weighted by Gasteiger charge is -2.05. The van der Waals surface area contributed by atoms with E-state index in [1.54, 1.807) is 30.3 Å². The van der Waals surface area contributed by atoms with Crippen LogP contribution in [0.25, 0.3) is 6.08 Å². The molecule has 0 aliphatic carbocycles. The minimum Gasteiger partial charge on any atom is -0.321 e. The number of nitrogens with zero attached hydrogens (tertiary/aromatic N) is 1. The Morgan fingerprint density at radius 1 is 1.32 bits per heavy atom. The molecule has 0 heterocycles. The van der Waals surface area contributed by atoms with Crippen molar-refractivity contribution in [1.29, 1.82) is 5.26 Å². The van der Waals surface area contributed by atoms with Crippen molar-refractivity contribution in [3.05, 3.63) is 68.9 Å². The van der Waals surface area contributed by atoms with E-state index in [4.69, 9.17) is 16.9 Å². The maximum absolute atomic E-state index is 13.7. The molecule has 3 nitrogen and oxygen atoms in total. The maximum atomic E-state index is 13.7. The second-order valence-corrected chi connectivity index (χ2v) is 5.59. The average molecular weight is 380 g/mol. The molecule has 2 aromatic carbocycles. The predicted octanol–water partition coefficient (Wildman–Crippen LogP) is 4.79. The molecular formula is C16H9BrClFN2O. The summed E-state index contributed by atoms with van der Waals surface area (Å²) in [5.41, 5.74) is 0.275. The van der Waals surface area contributed by atoms with Crippen LogP contribution in [0.15, 0.2) is 52.5 Å². The van der Waals surface area contributed by atoms with Crippen molar-refractivity contribution in [1.82, 2.24) is 0 Å². The predicted molar refractivity (Wildman–Crippen MR) is 87.8 cm³/mol. The topological polar surface area (TPSA) is 52.9 Å². The second kappa shape index (κ2) is 7.21. The lowest BCUT2D eigenvalue weighted by atomic mass is 10.1. The van der Waals surface area contributed by atoms with E-state index in [1.807, 2.05) is 0 Å². The number of rotatable bonds is 3. The Hall–Kier alpha value is -2.16. The number of amides is 1. The molecule has 0 bridgehead atoms. The third kappa shape index (κ3) is 3.94. The smallest absolute Gasteiger partial charge is 0.266 e. The van der Waals surface area contributed by atoms with Crippen LogP contribution < -0.4 is 5.32 Å². The van der Waals surface area contributed by atoms with Crippen molar-refractivity contribution in [2.24, 2.45) is 0 Å². The molecule has 6 heteroatoms. The van der Waals surface area contributed by atoms with Gasteiger partial charge in [-0.1, -0.05) is 39.7 Å². The fraction of sp³-hybridized carbons (Fsp3) is 0. The van der Waals surface area contributed by atoms with Crippen LogP contribution in [0.5, 0.6) is 0 Å². The highest BCUT2D eigenvalue weighted by atomic mass is 79.9. The summed E-state index contributed by atoms with van der Waals surface area (Å²) in [6, 6.07) is 12.8. The summed E-state index contributed by atoms with van der Waals surface area (Å²) in [6.45, 7) is 0. The molecule has 0 saturated carbocycles. The van der Waals surface area contributed by atoms with Gasteiger partial charge in [0.15, 0.2) is 0 Å². The quantitative estimate of drug-likeness (QED) is 0.616. The van der Waals surface area contributed by atoms with E-state index in [9.17, 15) is 9.18 Å². The fourth-order valence-corrected chi connectivity index (χ4v) is 2.32. The molecule has 110 valence electrons. The first kappa shape index (κ1) is 16.2. The van der Waals surface area contributed by atoms with Gasteiger partial charge in [-0.2, -0.15) is 5.26 Å². The van der Waals surface area contributed by atoms with E-state index in [0.717, 1.165) is 10.5 Å². The molecule has 0 atom stereocenters. The first-order valence-corrected chi connectivity index (χ1v) is 7.31. The number of anilines is 1. The van der Waals surface area contributed by atoms with Gasteiger partial charge in [-0.3, -0.25) is 4.79 Å². The lowest BCUT2D eigenvalue weighted by molar-refractivity contribution is -0.112. The number of carbonyl (C=O) groups is 1. The molecular weight excluding hydrogens is 371 g/mol. The number of hydrogen-bond acceptors (Lipinski definition) is 2. The molecule has 1 N–H and O–H groups in total. The van der Waals surface area contributed by atoms with E-state index in [-0.39, 0.29) is 16.2 Å². The van der Waals surface area contributed by atoms with Crippen LogP contribution in [0.3, 0.4) is 0 Å². The molecule has 0 radical (unpaired) electrons. The van der Waals surface area contributed by atoms with Crippen LogP contribution in [0.2, 0.25) is 5.02 Å². The summed E-state index contributed by atoms with van der Waals surface area (Å²) in [6.07, 6.45) is 1.13. The Kier molecular flexibility index (Phi) is 5.31. The summed E-state index contributed by atoms with van der Waals surface area (Å²) in [5, 5.41) is 11.8. The SMILES string of the molecule is N#C/C(=C\c1c(F)cccc1Cl)C(=O)Nc1cccc(Br)c1. The maximum Gasteiger partial charge on any atom is 0.266 e. The van der Waals surface area contributed by atoms with Crippen LogP contribution in [-0.4, -0.2) is 5.91 Å². The molecule has 1 amide bonds. The first-order chi connectivity index (χ1) is 10.5. The molecule has 22 heavy (non-hydrogen) atoms. The van der Waals surface area contributed by atoms with Crippen molar-refractivity contribution in [2.75, 3.05) is 5.32 Å². The number of hydrogen-bond donors (Lipinski definition) is 1. The standard InChI is InChI=1S/C16H9BrClFN2O/c17-11-3-1-4-12(8-11)21-16(22)10(9-20)7-13-14(18)5-2-6-15(13)19/h1-8H,(H,21,22)/b10-7+. The molecule has 2 rings (SSSR count). The Bertz CT molecular complexity index is 779. The van der Waals surface area contributed by atoms with Crippen LogP contribution in [-0.2, 0) is 4.79 Å². The normalized spacial score (nSPS) is 10.9. The zero-order valence-corrected chi connectivity index (χ0v) is 13.5. The van der Waals surface area contributed by atoms with E-state index >= 15 is 0 Å². The Morgan fingerprint density at radius 2 is 2.05 bits per heavy atom. The first-order valence-electron chi connectivity index (χ1n) is 6.14. The molecule has 0 unspecified atom stereocenters. The number of halogens is 3. The third-order valence-electron chi connectivity index (χ3n) is 2.74. The average Bonchev–Trinajstić information content (AvgIpc) is 2.47. The minimum absolute atomic E-state index is 0.00473. The molecule has 0 aliphatic heterocycles. The molecule has 0 aliphatic rings. The summed E-state index contributed by atoms with van der Waals surface area (Å²) in [4.78, 5) is 12.1.